The summed E-state index contributed by atoms with van der Waals surface area (Å²) in [4.78, 5) is 37.2. The van der Waals surface area contributed by atoms with E-state index in [9.17, 15) is 14.4 Å². The van der Waals surface area contributed by atoms with Crippen molar-refractivity contribution in [3.8, 4) is 0 Å². The quantitative estimate of drug-likeness (QED) is 0.847. The number of amides is 1. The van der Waals surface area contributed by atoms with Gasteiger partial charge in [-0.1, -0.05) is 0 Å². The molecule has 1 amide bonds. The van der Waals surface area contributed by atoms with Gasteiger partial charge in [0.25, 0.3) is 5.91 Å². The average molecular weight is 274 g/mol. The zero-order valence-corrected chi connectivity index (χ0v) is 10.2. The van der Waals surface area contributed by atoms with Crippen LogP contribution in [0, 0.1) is 0 Å². The monoisotopic (exact) mass is 274 g/mol. The number of aromatic nitrogens is 1. The van der Waals surface area contributed by atoms with E-state index < -0.39 is 17.5 Å². The van der Waals surface area contributed by atoms with Crippen LogP contribution in [-0.2, 0) is 6.54 Å². The van der Waals surface area contributed by atoms with Crippen molar-refractivity contribution in [3.63, 3.8) is 0 Å². The number of rotatable bonds is 4. The summed E-state index contributed by atoms with van der Waals surface area (Å²) in [6.45, 7) is 0.0685. The highest BCUT2D eigenvalue weighted by Crippen LogP contribution is 2.02. The number of carboxylic acids is 1. The van der Waals surface area contributed by atoms with Gasteiger partial charge in [0.15, 0.2) is 0 Å². The molecule has 0 aliphatic heterocycles. The fraction of sp³-hybridized carbons (Fsp3) is 0.0769. The molecule has 0 aromatic carbocycles. The molecule has 0 radical (unpaired) electrons. The molecule has 102 valence electrons. The molecule has 0 atom stereocenters. The Morgan fingerprint density at radius 1 is 1.25 bits per heavy atom. The highest BCUT2D eigenvalue weighted by Gasteiger charge is 2.08. The summed E-state index contributed by atoms with van der Waals surface area (Å²) in [6.07, 6.45) is 2.41. The Morgan fingerprint density at radius 2 is 2.05 bits per heavy atom. The maximum atomic E-state index is 11.7. The van der Waals surface area contributed by atoms with Gasteiger partial charge in [-0.3, -0.25) is 9.78 Å². The number of nitrogens with one attached hydrogen (secondary N) is 1. The Kier molecular flexibility index (Phi) is 3.90. The number of nitrogens with zero attached hydrogens (tertiary/aromatic N) is 1. The zero-order valence-electron chi connectivity index (χ0n) is 10.2. The molecule has 0 bridgehead atoms. The maximum absolute atomic E-state index is 11.7. The first-order valence-electron chi connectivity index (χ1n) is 5.61. The van der Waals surface area contributed by atoms with Gasteiger partial charge in [-0.25, -0.2) is 9.59 Å². The topological polar surface area (TPSA) is 109 Å². The summed E-state index contributed by atoms with van der Waals surface area (Å²) in [5, 5.41) is 11.4. The molecule has 0 unspecified atom stereocenters. The van der Waals surface area contributed by atoms with Gasteiger partial charge in [-0.2, -0.15) is 0 Å². The Bertz CT molecular complexity index is 687. The molecule has 0 spiro atoms. The smallest absolute Gasteiger partial charge is 0.335 e. The number of hydrogen-bond donors (Lipinski definition) is 2. The zero-order chi connectivity index (χ0) is 14.5. The van der Waals surface area contributed by atoms with Crippen LogP contribution in [0.3, 0.4) is 0 Å². The normalized spacial score (nSPS) is 10.0. The first kappa shape index (κ1) is 13.5. The van der Waals surface area contributed by atoms with E-state index in [1.807, 2.05) is 0 Å². The first-order chi connectivity index (χ1) is 9.56. The predicted molar refractivity (Wildman–Crippen MR) is 67.3 cm³/mol. The van der Waals surface area contributed by atoms with Crippen molar-refractivity contribution in [1.82, 2.24) is 10.3 Å². The maximum Gasteiger partial charge on any atom is 0.335 e. The molecule has 0 saturated heterocycles. The molecule has 2 heterocycles. The number of carboxylic acid groups (broad SMARTS) is 1. The van der Waals surface area contributed by atoms with Crippen LogP contribution in [0.25, 0.3) is 0 Å². The molecule has 20 heavy (non-hydrogen) atoms. The van der Waals surface area contributed by atoms with E-state index in [2.05, 4.69) is 14.7 Å². The van der Waals surface area contributed by atoms with E-state index in [1.165, 1.54) is 24.4 Å². The highest BCUT2D eigenvalue weighted by molar-refractivity contribution is 5.93. The number of carbonyl (C=O) groups is 2. The van der Waals surface area contributed by atoms with E-state index in [0.29, 0.717) is 5.69 Å². The Balaban J connectivity index is 2.03. The lowest BCUT2D eigenvalue weighted by Crippen LogP contribution is -2.23. The molecule has 7 nitrogen and oxygen atoms in total. The van der Waals surface area contributed by atoms with E-state index >= 15 is 0 Å². The van der Waals surface area contributed by atoms with Crippen LogP contribution in [0.1, 0.15) is 26.4 Å². The number of carbonyl (C=O) groups excluding carboxylic acids is 1. The minimum atomic E-state index is -1.06. The van der Waals surface area contributed by atoms with Crippen LogP contribution < -0.4 is 10.9 Å². The second kappa shape index (κ2) is 5.79. The van der Waals surface area contributed by atoms with Gasteiger partial charge in [0.1, 0.15) is 6.26 Å². The lowest BCUT2D eigenvalue weighted by Gasteiger charge is -2.04. The van der Waals surface area contributed by atoms with Gasteiger partial charge in [-0.05, 0) is 18.2 Å². The third-order valence-electron chi connectivity index (χ3n) is 2.46. The predicted octanol–water partition coefficient (Wildman–Crippen LogP) is 0.663. The third-order valence-corrected chi connectivity index (χ3v) is 2.46. The lowest BCUT2D eigenvalue weighted by atomic mass is 10.2. The van der Waals surface area contributed by atoms with E-state index in [-0.39, 0.29) is 17.7 Å². The molecule has 0 aliphatic carbocycles. The van der Waals surface area contributed by atoms with Crippen LogP contribution in [0.4, 0.5) is 0 Å². The van der Waals surface area contributed by atoms with Crippen LogP contribution in [0.15, 0.2) is 45.9 Å². The van der Waals surface area contributed by atoms with Gasteiger partial charge in [0.2, 0.25) is 0 Å². The molecule has 2 N–H and O–H groups in total. The van der Waals surface area contributed by atoms with Crippen molar-refractivity contribution in [2.45, 2.75) is 6.54 Å². The molecular weight excluding hydrogens is 264 g/mol. The molecule has 2 aromatic rings. The van der Waals surface area contributed by atoms with Gasteiger partial charge >= 0.3 is 11.6 Å². The minimum Gasteiger partial charge on any atom is -0.478 e. The summed E-state index contributed by atoms with van der Waals surface area (Å²) < 4.78 is 4.57. The summed E-state index contributed by atoms with van der Waals surface area (Å²) in [6, 6.07) is 5.20. The summed E-state index contributed by atoms with van der Waals surface area (Å²) in [5.41, 5.74) is 0.155. The second-order valence-corrected chi connectivity index (χ2v) is 3.87. The van der Waals surface area contributed by atoms with Crippen molar-refractivity contribution in [3.05, 3.63) is 64.0 Å². The van der Waals surface area contributed by atoms with Gasteiger partial charge in [0, 0.05) is 12.3 Å². The highest BCUT2D eigenvalue weighted by atomic mass is 16.4. The Hall–Kier alpha value is -2.96. The van der Waals surface area contributed by atoms with Crippen molar-refractivity contribution >= 4 is 11.9 Å². The van der Waals surface area contributed by atoms with Crippen molar-refractivity contribution in [1.29, 1.82) is 0 Å². The number of aromatic carboxylic acids is 1. The van der Waals surface area contributed by atoms with Crippen LogP contribution in [-0.4, -0.2) is 22.0 Å². The van der Waals surface area contributed by atoms with E-state index in [0.717, 1.165) is 12.3 Å². The van der Waals surface area contributed by atoms with Crippen LogP contribution >= 0.6 is 0 Å². The lowest BCUT2D eigenvalue weighted by molar-refractivity contribution is 0.0696. The first-order valence-corrected chi connectivity index (χ1v) is 5.61. The van der Waals surface area contributed by atoms with Gasteiger partial charge in [-0.15, -0.1) is 0 Å². The largest absolute Gasteiger partial charge is 0.478 e. The molecule has 2 aromatic heterocycles. The number of hydrogen-bond acceptors (Lipinski definition) is 5. The summed E-state index contributed by atoms with van der Waals surface area (Å²) >= 11 is 0. The Labute approximate surface area is 112 Å². The molecule has 0 fully saturated rings. The van der Waals surface area contributed by atoms with E-state index in [1.54, 1.807) is 0 Å². The molecular formula is C13H10N2O5. The second-order valence-electron chi connectivity index (χ2n) is 3.87. The van der Waals surface area contributed by atoms with Crippen molar-refractivity contribution in [2.24, 2.45) is 0 Å². The van der Waals surface area contributed by atoms with Gasteiger partial charge < -0.3 is 14.8 Å². The molecule has 0 saturated carbocycles. The van der Waals surface area contributed by atoms with Crippen molar-refractivity contribution < 1.29 is 19.1 Å². The van der Waals surface area contributed by atoms with E-state index in [4.69, 9.17) is 5.11 Å². The minimum absolute atomic E-state index is 0.0685. The van der Waals surface area contributed by atoms with Gasteiger partial charge in [0.05, 0.1) is 23.4 Å². The molecule has 2 rings (SSSR count). The van der Waals surface area contributed by atoms with Crippen molar-refractivity contribution in [2.75, 3.05) is 0 Å². The Morgan fingerprint density at radius 3 is 2.70 bits per heavy atom. The summed E-state index contributed by atoms with van der Waals surface area (Å²) in [7, 11) is 0. The fourth-order valence-corrected chi connectivity index (χ4v) is 1.47. The SMILES string of the molecule is O=C(O)c1ccnc(CNC(=O)c2ccc(=O)oc2)c1. The summed E-state index contributed by atoms with van der Waals surface area (Å²) in [5.74, 6) is -1.51. The molecule has 0 aliphatic rings. The fourth-order valence-electron chi connectivity index (χ4n) is 1.47. The third kappa shape index (κ3) is 3.29. The van der Waals surface area contributed by atoms with Crippen LogP contribution in [0.5, 0.6) is 0 Å². The average Bonchev–Trinajstić information content (AvgIpc) is 2.46. The standard InChI is InChI=1S/C13H10N2O5/c16-11-2-1-9(7-20-11)12(17)15-6-10-5-8(13(18)19)3-4-14-10/h1-5,7H,6H2,(H,15,17)(H,18,19). The molecule has 7 heteroatoms. The van der Waals surface area contributed by atoms with Crippen LogP contribution in [0.2, 0.25) is 0 Å². The number of pyridine rings is 1.